The highest BCUT2D eigenvalue weighted by molar-refractivity contribution is 6.36. The van der Waals surface area contributed by atoms with Crippen LogP contribution >= 0.6 is 11.6 Å². The Hall–Kier alpha value is -2.90. The maximum Gasteiger partial charge on any atom is 0.319 e. The van der Waals surface area contributed by atoms with Gasteiger partial charge in [0.15, 0.2) is 0 Å². The number of benzodiazepines with no additional fused rings is 1. The van der Waals surface area contributed by atoms with E-state index in [4.69, 9.17) is 21.7 Å². The van der Waals surface area contributed by atoms with Crippen LogP contribution in [-0.2, 0) is 4.79 Å². The summed E-state index contributed by atoms with van der Waals surface area (Å²) in [4.78, 5) is 31.3. The smallest absolute Gasteiger partial charge is 0.319 e. The number of urea groups is 1. The van der Waals surface area contributed by atoms with E-state index in [9.17, 15) is 9.59 Å². The Morgan fingerprint density at radius 1 is 1.21 bits per heavy atom. The molecule has 8 heteroatoms. The van der Waals surface area contributed by atoms with E-state index in [0.29, 0.717) is 33.2 Å². The lowest BCUT2D eigenvalue weighted by Crippen LogP contribution is -2.41. The molecular weight excluding hydrogens is 392 g/mol. The molecule has 3 N–H and O–H groups in total. The molecule has 0 bridgehead atoms. The van der Waals surface area contributed by atoms with Gasteiger partial charge < -0.3 is 20.6 Å². The number of carbonyl (C=O) groups excluding carboxylic acids is 2. The van der Waals surface area contributed by atoms with E-state index in [1.165, 1.54) is 0 Å². The highest BCUT2D eigenvalue weighted by atomic mass is 35.5. The molecular formula is C21H23ClN4O3. The number of carbonyl (C=O) groups is 2. The summed E-state index contributed by atoms with van der Waals surface area (Å²) in [6.45, 7) is 3.52. The standard InChI is InChI=1S/C21H23ClN4O3/c1-21(2)19(28)26(3)17-9-8-13(24-20(29)23-10-11-27)12-15(17)18(25-21)14-6-4-5-7-16(14)22/h4-9,12,27H,10-11H2,1-3H3,(H2,23,24,29). The normalized spacial score (nSPS) is 15.3. The Balaban J connectivity index is 2.14. The predicted octanol–water partition coefficient (Wildman–Crippen LogP) is 3.05. The average Bonchev–Trinajstić information content (AvgIpc) is 2.76. The number of hydrogen-bond acceptors (Lipinski definition) is 4. The van der Waals surface area contributed by atoms with E-state index in [-0.39, 0.29) is 19.1 Å². The van der Waals surface area contributed by atoms with E-state index in [1.54, 1.807) is 50.1 Å². The molecule has 3 rings (SSSR count). The number of rotatable bonds is 4. The quantitative estimate of drug-likeness (QED) is 0.717. The number of aliphatic hydroxyl groups is 1. The fraction of sp³-hybridized carbons (Fsp3) is 0.286. The second-order valence-corrected chi connectivity index (χ2v) is 7.61. The van der Waals surface area contributed by atoms with Gasteiger partial charge in [-0.15, -0.1) is 0 Å². The van der Waals surface area contributed by atoms with E-state index < -0.39 is 11.6 Å². The fourth-order valence-electron chi connectivity index (χ4n) is 3.21. The first kappa shape index (κ1) is 20.8. The van der Waals surface area contributed by atoms with Crippen LogP contribution in [0.25, 0.3) is 0 Å². The van der Waals surface area contributed by atoms with Crippen LogP contribution in [0.15, 0.2) is 47.5 Å². The second-order valence-electron chi connectivity index (χ2n) is 7.20. The van der Waals surface area contributed by atoms with Gasteiger partial charge in [0.2, 0.25) is 0 Å². The third kappa shape index (κ3) is 4.26. The second kappa shape index (κ2) is 8.23. The van der Waals surface area contributed by atoms with E-state index >= 15 is 0 Å². The highest BCUT2D eigenvalue weighted by Gasteiger charge is 2.36. The first-order chi connectivity index (χ1) is 13.7. The molecule has 0 saturated carbocycles. The van der Waals surface area contributed by atoms with Crippen LogP contribution in [0.5, 0.6) is 0 Å². The molecule has 1 aliphatic rings. The topological polar surface area (TPSA) is 94.0 Å². The van der Waals surface area contributed by atoms with E-state index in [1.807, 2.05) is 18.2 Å². The summed E-state index contributed by atoms with van der Waals surface area (Å²) in [7, 11) is 1.70. The van der Waals surface area contributed by atoms with Gasteiger partial charge in [-0.2, -0.15) is 0 Å². The van der Waals surface area contributed by atoms with Gasteiger partial charge in [-0.25, -0.2) is 4.79 Å². The zero-order chi connectivity index (χ0) is 21.2. The highest BCUT2D eigenvalue weighted by Crippen LogP contribution is 2.34. The number of aliphatic imine (C=N–C) groups is 1. The van der Waals surface area contributed by atoms with Crippen molar-refractivity contribution in [2.45, 2.75) is 19.4 Å². The van der Waals surface area contributed by atoms with Gasteiger partial charge in [-0.3, -0.25) is 9.79 Å². The molecule has 152 valence electrons. The number of halogens is 1. The van der Waals surface area contributed by atoms with Crippen molar-refractivity contribution in [3.8, 4) is 0 Å². The number of nitrogens with one attached hydrogen (secondary N) is 2. The lowest BCUT2D eigenvalue weighted by molar-refractivity contribution is -0.122. The van der Waals surface area contributed by atoms with Crippen LogP contribution in [-0.4, -0.2) is 48.5 Å². The maximum absolute atomic E-state index is 13.0. The van der Waals surface area contributed by atoms with Gasteiger partial charge in [0.1, 0.15) is 5.54 Å². The largest absolute Gasteiger partial charge is 0.395 e. The summed E-state index contributed by atoms with van der Waals surface area (Å²) in [5.41, 5.74) is 2.16. The van der Waals surface area contributed by atoms with Crippen LogP contribution in [0.4, 0.5) is 16.2 Å². The van der Waals surface area contributed by atoms with Crippen molar-refractivity contribution in [3.63, 3.8) is 0 Å². The minimum atomic E-state index is -0.992. The lowest BCUT2D eigenvalue weighted by atomic mass is 9.99. The van der Waals surface area contributed by atoms with Crippen molar-refractivity contribution in [2.75, 3.05) is 30.4 Å². The number of anilines is 2. The van der Waals surface area contributed by atoms with Gasteiger partial charge in [0, 0.05) is 35.4 Å². The van der Waals surface area contributed by atoms with Crippen LogP contribution in [0.3, 0.4) is 0 Å². The monoisotopic (exact) mass is 414 g/mol. The molecule has 1 aliphatic heterocycles. The van der Waals surface area contributed by atoms with E-state index in [0.717, 1.165) is 0 Å². The van der Waals surface area contributed by atoms with Gasteiger partial charge in [-0.1, -0.05) is 29.8 Å². The van der Waals surface area contributed by atoms with Crippen LogP contribution < -0.4 is 15.5 Å². The van der Waals surface area contributed by atoms with Gasteiger partial charge >= 0.3 is 6.03 Å². The van der Waals surface area contributed by atoms with Gasteiger partial charge in [0.25, 0.3) is 5.91 Å². The predicted molar refractivity (Wildman–Crippen MR) is 115 cm³/mol. The molecule has 0 saturated heterocycles. The Bertz CT molecular complexity index is 988. The zero-order valence-electron chi connectivity index (χ0n) is 16.5. The molecule has 2 aromatic carbocycles. The number of aliphatic hydroxyl groups excluding tert-OH is 1. The lowest BCUT2D eigenvalue weighted by Gasteiger charge is -2.24. The van der Waals surface area contributed by atoms with Crippen molar-refractivity contribution >= 4 is 40.6 Å². The summed E-state index contributed by atoms with van der Waals surface area (Å²) in [6, 6.07) is 12.1. The fourth-order valence-corrected chi connectivity index (χ4v) is 3.43. The van der Waals surface area contributed by atoms with Crippen molar-refractivity contribution in [1.29, 1.82) is 0 Å². The van der Waals surface area contributed by atoms with Crippen molar-refractivity contribution < 1.29 is 14.7 Å². The summed E-state index contributed by atoms with van der Waals surface area (Å²) >= 11 is 6.44. The maximum atomic E-state index is 13.0. The first-order valence-corrected chi connectivity index (χ1v) is 9.55. The number of amides is 3. The first-order valence-electron chi connectivity index (χ1n) is 9.17. The minimum absolute atomic E-state index is 0.147. The number of hydrogen-bond donors (Lipinski definition) is 3. The Morgan fingerprint density at radius 3 is 2.62 bits per heavy atom. The molecule has 0 unspecified atom stereocenters. The number of benzene rings is 2. The Morgan fingerprint density at radius 2 is 1.93 bits per heavy atom. The number of nitrogens with zero attached hydrogens (tertiary/aromatic N) is 2. The average molecular weight is 415 g/mol. The number of likely N-dealkylation sites (N-methyl/N-ethyl adjacent to an activating group) is 1. The molecule has 0 fully saturated rings. The summed E-state index contributed by atoms with van der Waals surface area (Å²) in [5.74, 6) is -0.151. The number of fused-ring (bicyclic) bond motifs is 1. The Kier molecular flexibility index (Phi) is 5.91. The molecule has 1 heterocycles. The van der Waals surface area contributed by atoms with Crippen molar-refractivity contribution in [1.82, 2.24) is 5.32 Å². The summed E-state index contributed by atoms with van der Waals surface area (Å²) in [6.07, 6.45) is 0. The van der Waals surface area contributed by atoms with Crippen molar-refractivity contribution in [3.05, 3.63) is 58.6 Å². The van der Waals surface area contributed by atoms with Crippen LogP contribution in [0.2, 0.25) is 5.02 Å². The summed E-state index contributed by atoms with van der Waals surface area (Å²) < 4.78 is 0. The van der Waals surface area contributed by atoms with Gasteiger partial charge in [-0.05, 0) is 38.1 Å². The van der Waals surface area contributed by atoms with Crippen LogP contribution in [0, 0.1) is 0 Å². The van der Waals surface area contributed by atoms with Crippen molar-refractivity contribution in [2.24, 2.45) is 4.99 Å². The molecule has 7 nitrogen and oxygen atoms in total. The van der Waals surface area contributed by atoms with Gasteiger partial charge in [0.05, 0.1) is 18.0 Å². The molecule has 29 heavy (non-hydrogen) atoms. The Labute approximate surface area is 174 Å². The third-order valence-corrected chi connectivity index (χ3v) is 4.95. The molecule has 0 radical (unpaired) electrons. The summed E-state index contributed by atoms with van der Waals surface area (Å²) in [5, 5.41) is 14.6. The SMILES string of the molecule is CN1C(=O)C(C)(C)N=C(c2ccccc2Cl)c2cc(NC(=O)NCCO)ccc21. The molecule has 3 amide bonds. The molecule has 0 spiro atoms. The molecule has 0 atom stereocenters. The third-order valence-electron chi connectivity index (χ3n) is 4.62. The van der Waals surface area contributed by atoms with E-state index in [2.05, 4.69) is 10.6 Å². The zero-order valence-corrected chi connectivity index (χ0v) is 17.2. The molecule has 2 aromatic rings. The molecule has 0 aliphatic carbocycles. The molecule has 0 aromatic heterocycles. The minimum Gasteiger partial charge on any atom is -0.395 e. The van der Waals surface area contributed by atoms with Crippen LogP contribution in [0.1, 0.15) is 25.0 Å².